The third-order valence-corrected chi connectivity index (χ3v) is 5.24. The van der Waals surface area contributed by atoms with E-state index in [9.17, 15) is 14.7 Å². The van der Waals surface area contributed by atoms with Gasteiger partial charge in [0.05, 0.1) is 24.8 Å². The first-order valence-electron chi connectivity index (χ1n) is 9.89. The van der Waals surface area contributed by atoms with E-state index in [0.717, 1.165) is 11.1 Å². The number of carboxylic acids is 1. The number of carboxylic acid groups (broad SMARTS) is 1. The van der Waals surface area contributed by atoms with Crippen LogP contribution in [-0.4, -0.2) is 46.8 Å². The van der Waals surface area contributed by atoms with Crippen molar-refractivity contribution in [2.45, 2.75) is 19.9 Å². The first kappa shape index (κ1) is 19.9. The number of hydrogen-bond donors (Lipinski definition) is 2. The van der Waals surface area contributed by atoms with Crippen LogP contribution in [0.2, 0.25) is 0 Å². The highest BCUT2D eigenvalue weighted by molar-refractivity contribution is 5.94. The lowest BCUT2D eigenvalue weighted by atomic mass is 10.1. The van der Waals surface area contributed by atoms with Gasteiger partial charge in [-0.25, -0.2) is 9.78 Å². The molecule has 3 heterocycles. The second-order valence-corrected chi connectivity index (χ2v) is 7.44. The maximum atomic E-state index is 12.8. The van der Waals surface area contributed by atoms with Crippen molar-refractivity contribution in [3.8, 4) is 0 Å². The molecule has 0 saturated carbocycles. The largest absolute Gasteiger partial charge is 0.478 e. The molecule has 0 radical (unpaired) electrons. The molecule has 1 aromatic carbocycles. The smallest absolute Gasteiger partial charge is 0.337 e. The standard InChI is InChI=1S/C22H24N4O4/c1-14-11-17(15(2)23-18-6-4-3-5-16(18)22(28)29)21-24-19(12-20(27)26(21)13-14)25-7-9-30-10-8-25/h3-6,11-13,15,23H,7-10H2,1-2H3,(H,28,29). The van der Waals surface area contributed by atoms with Gasteiger partial charge in [-0.3, -0.25) is 9.20 Å². The van der Waals surface area contributed by atoms with Crippen LogP contribution in [0.15, 0.2) is 47.4 Å². The van der Waals surface area contributed by atoms with Crippen molar-refractivity contribution < 1.29 is 14.6 Å². The Morgan fingerprint density at radius 1 is 1.23 bits per heavy atom. The summed E-state index contributed by atoms with van der Waals surface area (Å²) in [6.45, 7) is 6.43. The second-order valence-electron chi connectivity index (χ2n) is 7.44. The Kier molecular flexibility index (Phi) is 5.41. The van der Waals surface area contributed by atoms with Crippen LogP contribution in [0.3, 0.4) is 0 Å². The van der Waals surface area contributed by atoms with E-state index >= 15 is 0 Å². The maximum Gasteiger partial charge on any atom is 0.337 e. The number of morpholine rings is 1. The van der Waals surface area contributed by atoms with Crippen molar-refractivity contribution in [2.24, 2.45) is 0 Å². The molecule has 0 amide bonds. The third kappa shape index (κ3) is 3.86. The molecule has 1 saturated heterocycles. The highest BCUT2D eigenvalue weighted by Crippen LogP contribution is 2.26. The van der Waals surface area contributed by atoms with E-state index < -0.39 is 5.97 Å². The van der Waals surface area contributed by atoms with Crippen LogP contribution in [0.25, 0.3) is 5.65 Å². The molecule has 3 aromatic rings. The molecule has 1 fully saturated rings. The van der Waals surface area contributed by atoms with Crippen molar-refractivity contribution >= 4 is 23.1 Å². The van der Waals surface area contributed by atoms with Gasteiger partial charge in [0, 0.05) is 36.6 Å². The van der Waals surface area contributed by atoms with Gasteiger partial charge in [-0.1, -0.05) is 12.1 Å². The van der Waals surface area contributed by atoms with E-state index in [-0.39, 0.29) is 17.2 Å². The summed E-state index contributed by atoms with van der Waals surface area (Å²) in [6, 6.07) is 10.0. The number of aromatic nitrogens is 2. The molecule has 8 heteroatoms. The summed E-state index contributed by atoms with van der Waals surface area (Å²) in [5.74, 6) is -0.366. The van der Waals surface area contributed by atoms with Crippen LogP contribution in [0.4, 0.5) is 11.5 Å². The number of carbonyl (C=O) groups is 1. The van der Waals surface area contributed by atoms with E-state index in [2.05, 4.69) is 5.32 Å². The second kappa shape index (κ2) is 8.16. The van der Waals surface area contributed by atoms with Crippen molar-refractivity contribution in [2.75, 3.05) is 36.5 Å². The van der Waals surface area contributed by atoms with Crippen LogP contribution in [-0.2, 0) is 4.74 Å². The molecule has 4 rings (SSSR count). The number of aromatic carboxylic acids is 1. The average Bonchev–Trinajstić information content (AvgIpc) is 2.74. The Hall–Kier alpha value is -3.39. The molecule has 30 heavy (non-hydrogen) atoms. The van der Waals surface area contributed by atoms with Crippen molar-refractivity contribution in [1.82, 2.24) is 9.38 Å². The van der Waals surface area contributed by atoms with Gasteiger partial charge >= 0.3 is 5.97 Å². The quantitative estimate of drug-likeness (QED) is 0.670. The number of pyridine rings is 1. The average molecular weight is 408 g/mol. The van der Waals surface area contributed by atoms with Gasteiger partial charge in [-0.15, -0.1) is 0 Å². The summed E-state index contributed by atoms with van der Waals surface area (Å²) in [5.41, 5.74) is 2.86. The predicted octanol–water partition coefficient (Wildman–Crippen LogP) is 2.71. The van der Waals surface area contributed by atoms with Crippen LogP contribution in [0, 0.1) is 6.92 Å². The number of benzene rings is 1. The lowest BCUT2D eigenvalue weighted by Gasteiger charge is -2.28. The van der Waals surface area contributed by atoms with Crippen LogP contribution in [0.1, 0.15) is 34.5 Å². The zero-order valence-corrected chi connectivity index (χ0v) is 17.0. The van der Waals surface area contributed by atoms with Gasteiger partial charge in [0.25, 0.3) is 5.56 Å². The molecule has 0 bridgehead atoms. The number of anilines is 2. The lowest BCUT2D eigenvalue weighted by Crippen LogP contribution is -2.37. The van der Waals surface area contributed by atoms with E-state index in [1.54, 1.807) is 40.9 Å². The van der Waals surface area contributed by atoms with Crippen LogP contribution in [0.5, 0.6) is 0 Å². The highest BCUT2D eigenvalue weighted by Gasteiger charge is 2.19. The fourth-order valence-corrected chi connectivity index (χ4v) is 3.74. The fourth-order valence-electron chi connectivity index (χ4n) is 3.74. The molecule has 8 nitrogen and oxygen atoms in total. The molecule has 2 N–H and O–H groups in total. The molecule has 1 atom stereocenters. The molecule has 156 valence electrons. The number of para-hydroxylation sites is 1. The van der Waals surface area contributed by atoms with Gasteiger partial charge < -0.3 is 20.1 Å². The Balaban J connectivity index is 1.78. The first-order valence-corrected chi connectivity index (χ1v) is 9.89. The number of aryl methyl sites for hydroxylation is 1. The number of hydrogen-bond acceptors (Lipinski definition) is 6. The zero-order valence-electron chi connectivity index (χ0n) is 17.0. The Morgan fingerprint density at radius 3 is 2.70 bits per heavy atom. The minimum atomic E-state index is -0.997. The Labute approximate surface area is 173 Å². The Bertz CT molecular complexity index is 1150. The normalized spacial score (nSPS) is 15.2. The molecule has 0 spiro atoms. The highest BCUT2D eigenvalue weighted by atomic mass is 16.5. The van der Waals surface area contributed by atoms with E-state index in [0.29, 0.717) is 43.5 Å². The fraction of sp³-hybridized carbons (Fsp3) is 0.318. The van der Waals surface area contributed by atoms with E-state index in [4.69, 9.17) is 9.72 Å². The van der Waals surface area contributed by atoms with Crippen LogP contribution >= 0.6 is 0 Å². The molecule has 1 unspecified atom stereocenters. The molecule has 1 aliphatic heterocycles. The predicted molar refractivity (Wildman–Crippen MR) is 115 cm³/mol. The monoisotopic (exact) mass is 408 g/mol. The van der Waals surface area contributed by atoms with Crippen molar-refractivity contribution in [3.05, 3.63) is 69.6 Å². The number of rotatable bonds is 5. The van der Waals surface area contributed by atoms with E-state index in [1.165, 1.54) is 0 Å². The molecule has 1 aliphatic rings. The topological polar surface area (TPSA) is 96.2 Å². The third-order valence-electron chi connectivity index (χ3n) is 5.24. The van der Waals surface area contributed by atoms with Gasteiger partial charge in [0.15, 0.2) is 0 Å². The molecular formula is C22H24N4O4. The van der Waals surface area contributed by atoms with Gasteiger partial charge in [-0.05, 0) is 37.6 Å². The lowest BCUT2D eigenvalue weighted by molar-refractivity contribution is 0.0698. The number of ether oxygens (including phenoxy) is 1. The van der Waals surface area contributed by atoms with Gasteiger partial charge in [-0.2, -0.15) is 0 Å². The first-order chi connectivity index (χ1) is 14.4. The van der Waals surface area contributed by atoms with Crippen LogP contribution < -0.4 is 15.8 Å². The summed E-state index contributed by atoms with van der Waals surface area (Å²) >= 11 is 0. The van der Waals surface area contributed by atoms with Crippen molar-refractivity contribution in [1.29, 1.82) is 0 Å². The minimum Gasteiger partial charge on any atom is -0.478 e. The minimum absolute atomic E-state index is 0.149. The molecule has 0 aliphatic carbocycles. The number of nitrogens with zero attached hydrogens (tertiary/aromatic N) is 3. The summed E-state index contributed by atoms with van der Waals surface area (Å²) in [6.07, 6.45) is 1.77. The Morgan fingerprint density at radius 2 is 1.97 bits per heavy atom. The molecule has 2 aromatic heterocycles. The summed E-state index contributed by atoms with van der Waals surface area (Å²) in [4.78, 5) is 31.2. The van der Waals surface area contributed by atoms with Crippen molar-refractivity contribution in [3.63, 3.8) is 0 Å². The maximum absolute atomic E-state index is 12.8. The summed E-state index contributed by atoms with van der Waals surface area (Å²) < 4.78 is 6.95. The summed E-state index contributed by atoms with van der Waals surface area (Å²) in [7, 11) is 0. The zero-order chi connectivity index (χ0) is 21.3. The van der Waals surface area contributed by atoms with Gasteiger partial charge in [0.1, 0.15) is 11.5 Å². The number of nitrogens with one attached hydrogen (secondary N) is 1. The van der Waals surface area contributed by atoms with Gasteiger partial charge in [0.2, 0.25) is 0 Å². The number of fused-ring (bicyclic) bond motifs is 1. The summed E-state index contributed by atoms with van der Waals surface area (Å²) in [5, 5.41) is 12.7. The SMILES string of the molecule is Cc1cc(C(C)Nc2ccccc2C(=O)O)c2nc(N3CCOCC3)cc(=O)n2c1. The van der Waals surface area contributed by atoms with E-state index in [1.807, 2.05) is 24.8 Å². The molecular weight excluding hydrogens is 384 g/mol.